The van der Waals surface area contributed by atoms with Gasteiger partial charge in [0.15, 0.2) is 0 Å². The number of nitrogen functional groups attached to an aromatic ring is 1. The fraction of sp³-hybridized carbons (Fsp3) is 0.333. The van der Waals surface area contributed by atoms with E-state index in [1.807, 2.05) is 24.2 Å². The lowest BCUT2D eigenvalue weighted by Crippen LogP contribution is -2.31. The van der Waals surface area contributed by atoms with Crippen molar-refractivity contribution in [2.75, 3.05) is 18.0 Å². The molecule has 4 N–H and O–H groups in total. The van der Waals surface area contributed by atoms with Crippen LogP contribution in [0.4, 0.5) is 5.69 Å². The number of nitrogens with two attached hydrogens (primary N) is 1. The second kappa shape index (κ2) is 6.02. The number of amides is 1. The van der Waals surface area contributed by atoms with Crippen LogP contribution in [-0.2, 0) is 0 Å². The molecule has 0 aliphatic rings. The molecule has 0 aromatic heterocycles. The van der Waals surface area contributed by atoms with Gasteiger partial charge in [-0.2, -0.15) is 0 Å². The Bertz CT molecular complexity index is 456. The van der Waals surface area contributed by atoms with Crippen LogP contribution in [-0.4, -0.2) is 30.1 Å². The molecular weight excluding hydrogens is 234 g/mol. The molecule has 6 nitrogen and oxygen atoms in total. The number of aromatic carboxylic acids is 1. The molecule has 0 aliphatic heterocycles. The summed E-state index contributed by atoms with van der Waals surface area (Å²) >= 11 is 0. The van der Waals surface area contributed by atoms with Gasteiger partial charge in [0.1, 0.15) is 0 Å². The van der Waals surface area contributed by atoms with Crippen LogP contribution in [0, 0.1) is 0 Å². The van der Waals surface area contributed by atoms with Crippen molar-refractivity contribution in [3.8, 4) is 0 Å². The minimum atomic E-state index is -1.15. The lowest BCUT2D eigenvalue weighted by molar-refractivity contribution is 0.0691. The van der Waals surface area contributed by atoms with Gasteiger partial charge in [-0.25, -0.2) is 10.6 Å². The molecule has 6 heteroatoms. The number of hydrogen-bond donors (Lipinski definition) is 3. The quantitative estimate of drug-likeness (QED) is 0.409. The van der Waals surface area contributed by atoms with Gasteiger partial charge in [0.25, 0.3) is 5.91 Å². The highest BCUT2D eigenvalue weighted by Gasteiger charge is 2.17. The standard InChI is InChI=1S/C12H17N3O3/c1-3-15(4-2)8-5-6-9(11(16)14-13)10(7-8)12(17)18/h5-7H,3-4,13H2,1-2H3,(H,14,16)(H,17,18). The molecule has 1 rings (SSSR count). The molecule has 0 unspecified atom stereocenters. The summed E-state index contributed by atoms with van der Waals surface area (Å²) in [6, 6.07) is 4.67. The molecule has 0 bridgehead atoms. The predicted molar refractivity (Wildman–Crippen MR) is 68.6 cm³/mol. The number of carboxylic acid groups (broad SMARTS) is 1. The molecule has 0 spiro atoms. The normalized spacial score (nSPS) is 9.94. The molecule has 0 atom stereocenters. The molecule has 0 saturated heterocycles. The first-order valence-corrected chi connectivity index (χ1v) is 5.68. The highest BCUT2D eigenvalue weighted by atomic mass is 16.4. The minimum absolute atomic E-state index is 0.0534. The topological polar surface area (TPSA) is 95.7 Å². The summed E-state index contributed by atoms with van der Waals surface area (Å²) < 4.78 is 0. The largest absolute Gasteiger partial charge is 0.478 e. The lowest BCUT2D eigenvalue weighted by Gasteiger charge is -2.21. The Morgan fingerprint density at radius 2 is 1.89 bits per heavy atom. The van der Waals surface area contributed by atoms with E-state index in [9.17, 15) is 9.59 Å². The van der Waals surface area contributed by atoms with E-state index >= 15 is 0 Å². The lowest BCUT2D eigenvalue weighted by atomic mass is 10.1. The molecule has 0 saturated carbocycles. The number of nitrogens with one attached hydrogen (secondary N) is 1. The Hall–Kier alpha value is -2.08. The Kier molecular flexibility index (Phi) is 4.67. The van der Waals surface area contributed by atoms with Crippen molar-refractivity contribution < 1.29 is 14.7 Å². The van der Waals surface area contributed by atoms with Crippen LogP contribution in [0.2, 0.25) is 0 Å². The van der Waals surface area contributed by atoms with Gasteiger partial charge in [-0.3, -0.25) is 10.2 Å². The average molecular weight is 251 g/mol. The van der Waals surface area contributed by atoms with Gasteiger partial charge in [0.2, 0.25) is 0 Å². The maximum Gasteiger partial charge on any atom is 0.336 e. The summed E-state index contributed by atoms with van der Waals surface area (Å²) in [4.78, 5) is 24.6. The van der Waals surface area contributed by atoms with Gasteiger partial charge < -0.3 is 10.0 Å². The Balaban J connectivity index is 3.27. The summed E-state index contributed by atoms with van der Waals surface area (Å²) in [5.41, 5.74) is 2.71. The first-order chi connectivity index (χ1) is 8.54. The third kappa shape index (κ3) is 2.78. The number of hydrogen-bond acceptors (Lipinski definition) is 4. The van der Waals surface area contributed by atoms with Crippen LogP contribution in [0.5, 0.6) is 0 Å². The number of carboxylic acids is 1. The van der Waals surface area contributed by atoms with Crippen LogP contribution >= 0.6 is 0 Å². The van der Waals surface area contributed by atoms with Crippen LogP contribution in [0.15, 0.2) is 18.2 Å². The molecule has 0 fully saturated rings. The second-order valence-corrected chi connectivity index (χ2v) is 3.68. The molecule has 1 aromatic rings. The van der Waals surface area contributed by atoms with Crippen molar-refractivity contribution >= 4 is 17.6 Å². The predicted octanol–water partition coefficient (Wildman–Crippen LogP) is 0.834. The zero-order valence-electron chi connectivity index (χ0n) is 10.4. The number of benzene rings is 1. The number of rotatable bonds is 5. The van der Waals surface area contributed by atoms with Gasteiger partial charge in [0.05, 0.1) is 11.1 Å². The van der Waals surface area contributed by atoms with Gasteiger partial charge in [-0.05, 0) is 32.0 Å². The van der Waals surface area contributed by atoms with Crippen molar-refractivity contribution in [2.24, 2.45) is 5.84 Å². The van der Waals surface area contributed by atoms with Crippen molar-refractivity contribution in [3.63, 3.8) is 0 Å². The summed E-state index contributed by atoms with van der Waals surface area (Å²) in [6.07, 6.45) is 0. The average Bonchev–Trinajstić information content (AvgIpc) is 2.39. The Morgan fingerprint density at radius 1 is 1.28 bits per heavy atom. The van der Waals surface area contributed by atoms with Gasteiger partial charge >= 0.3 is 5.97 Å². The van der Waals surface area contributed by atoms with Gasteiger partial charge in [-0.15, -0.1) is 0 Å². The summed E-state index contributed by atoms with van der Waals surface area (Å²) in [7, 11) is 0. The molecule has 18 heavy (non-hydrogen) atoms. The fourth-order valence-electron chi connectivity index (χ4n) is 1.77. The minimum Gasteiger partial charge on any atom is -0.478 e. The molecule has 98 valence electrons. The zero-order valence-corrected chi connectivity index (χ0v) is 10.4. The Morgan fingerprint density at radius 3 is 2.33 bits per heavy atom. The second-order valence-electron chi connectivity index (χ2n) is 3.68. The van der Waals surface area contributed by atoms with Crippen molar-refractivity contribution in [3.05, 3.63) is 29.3 Å². The number of carbonyl (C=O) groups excluding carboxylic acids is 1. The fourth-order valence-corrected chi connectivity index (χ4v) is 1.77. The van der Waals surface area contributed by atoms with Crippen LogP contribution < -0.4 is 16.2 Å². The Labute approximate surface area is 105 Å². The molecule has 0 radical (unpaired) electrons. The maximum atomic E-state index is 11.4. The smallest absolute Gasteiger partial charge is 0.336 e. The van der Waals surface area contributed by atoms with Crippen LogP contribution in [0.1, 0.15) is 34.6 Å². The van der Waals surface area contributed by atoms with Crippen LogP contribution in [0.25, 0.3) is 0 Å². The molecule has 1 aromatic carbocycles. The van der Waals surface area contributed by atoms with Crippen molar-refractivity contribution in [1.82, 2.24) is 5.43 Å². The van der Waals surface area contributed by atoms with E-state index < -0.39 is 11.9 Å². The van der Waals surface area contributed by atoms with E-state index in [2.05, 4.69) is 0 Å². The molecule has 0 aliphatic carbocycles. The van der Waals surface area contributed by atoms with Gasteiger partial charge in [0, 0.05) is 18.8 Å². The third-order valence-corrected chi connectivity index (χ3v) is 2.74. The van der Waals surface area contributed by atoms with Crippen molar-refractivity contribution in [2.45, 2.75) is 13.8 Å². The molecular formula is C12H17N3O3. The van der Waals surface area contributed by atoms with E-state index in [4.69, 9.17) is 10.9 Å². The zero-order chi connectivity index (χ0) is 13.7. The van der Waals surface area contributed by atoms with E-state index in [0.717, 1.165) is 18.8 Å². The highest BCUT2D eigenvalue weighted by Crippen LogP contribution is 2.19. The maximum absolute atomic E-state index is 11.4. The number of carbonyl (C=O) groups is 2. The van der Waals surface area contributed by atoms with E-state index in [0.29, 0.717) is 0 Å². The van der Waals surface area contributed by atoms with Gasteiger partial charge in [-0.1, -0.05) is 0 Å². The summed E-state index contributed by atoms with van der Waals surface area (Å²) in [5.74, 6) is 3.26. The third-order valence-electron chi connectivity index (χ3n) is 2.74. The molecule has 0 heterocycles. The van der Waals surface area contributed by atoms with E-state index in [1.165, 1.54) is 12.1 Å². The SMILES string of the molecule is CCN(CC)c1ccc(C(=O)NN)c(C(=O)O)c1. The number of nitrogens with zero attached hydrogens (tertiary/aromatic N) is 1. The molecule has 1 amide bonds. The first-order valence-electron chi connectivity index (χ1n) is 5.68. The number of anilines is 1. The van der Waals surface area contributed by atoms with Crippen molar-refractivity contribution in [1.29, 1.82) is 0 Å². The monoisotopic (exact) mass is 251 g/mol. The summed E-state index contributed by atoms with van der Waals surface area (Å²) in [6.45, 7) is 5.48. The first kappa shape index (κ1) is 14.0. The summed E-state index contributed by atoms with van der Waals surface area (Å²) in [5, 5.41) is 9.12. The van der Waals surface area contributed by atoms with E-state index in [-0.39, 0.29) is 11.1 Å². The van der Waals surface area contributed by atoms with Crippen LogP contribution in [0.3, 0.4) is 0 Å². The van der Waals surface area contributed by atoms with E-state index in [1.54, 1.807) is 6.07 Å². The number of hydrazine groups is 1. The highest BCUT2D eigenvalue weighted by molar-refractivity contribution is 6.05.